The number of nitrogens with two attached hydrogens (primary N) is 2. The molecule has 0 saturated carbocycles. The van der Waals surface area contributed by atoms with E-state index in [-0.39, 0.29) is 6.04 Å². The monoisotopic (exact) mass is 274 g/mol. The normalized spacial score (nSPS) is 12.3. The minimum atomic E-state index is -0.193. The summed E-state index contributed by atoms with van der Waals surface area (Å²) < 4.78 is 11.2. The molecule has 4 N–H and O–H groups in total. The van der Waals surface area contributed by atoms with Gasteiger partial charge in [-0.15, -0.1) is 0 Å². The first kappa shape index (κ1) is 12.3. The van der Waals surface area contributed by atoms with Gasteiger partial charge in [0.25, 0.3) is 0 Å². The van der Waals surface area contributed by atoms with Crippen molar-refractivity contribution in [3.63, 3.8) is 0 Å². The Labute approximate surface area is 97.7 Å². The summed E-state index contributed by atoms with van der Waals surface area (Å²) in [5.41, 5.74) is 12.3. The lowest BCUT2D eigenvalue weighted by Crippen LogP contribution is -2.20. The van der Waals surface area contributed by atoms with Crippen LogP contribution in [0.4, 0.5) is 0 Å². The zero-order valence-electron chi connectivity index (χ0n) is 8.79. The third-order valence-corrected chi connectivity index (χ3v) is 2.73. The van der Waals surface area contributed by atoms with E-state index in [0.29, 0.717) is 18.0 Å². The van der Waals surface area contributed by atoms with Crippen molar-refractivity contribution in [2.75, 3.05) is 20.8 Å². The summed E-state index contributed by atoms with van der Waals surface area (Å²) in [4.78, 5) is 0. The molecule has 1 unspecified atom stereocenters. The first-order valence-electron chi connectivity index (χ1n) is 4.51. The number of methoxy groups -OCH3 is 2. The highest BCUT2D eigenvalue weighted by Gasteiger charge is 2.13. The number of hydrogen-bond acceptors (Lipinski definition) is 4. The van der Waals surface area contributed by atoms with Gasteiger partial charge in [0, 0.05) is 12.6 Å². The fourth-order valence-electron chi connectivity index (χ4n) is 1.29. The molecule has 0 saturated heterocycles. The van der Waals surface area contributed by atoms with Crippen molar-refractivity contribution in [1.82, 2.24) is 0 Å². The van der Waals surface area contributed by atoms with E-state index in [1.54, 1.807) is 14.2 Å². The van der Waals surface area contributed by atoms with Crippen LogP contribution in [0, 0.1) is 0 Å². The highest BCUT2D eigenvalue weighted by molar-refractivity contribution is 9.10. The number of hydrogen-bond donors (Lipinski definition) is 2. The van der Waals surface area contributed by atoms with Gasteiger partial charge in [0.05, 0.1) is 18.7 Å². The average Bonchev–Trinajstić information content (AvgIpc) is 2.26. The highest BCUT2D eigenvalue weighted by Crippen LogP contribution is 2.37. The molecule has 0 bridgehead atoms. The van der Waals surface area contributed by atoms with Crippen LogP contribution in [0.2, 0.25) is 0 Å². The second kappa shape index (κ2) is 5.34. The Morgan fingerprint density at radius 1 is 1.33 bits per heavy atom. The highest BCUT2D eigenvalue weighted by atomic mass is 79.9. The number of halogens is 1. The Kier molecular flexibility index (Phi) is 4.38. The molecule has 15 heavy (non-hydrogen) atoms. The van der Waals surface area contributed by atoms with Crippen LogP contribution in [0.1, 0.15) is 11.6 Å². The quantitative estimate of drug-likeness (QED) is 0.872. The van der Waals surface area contributed by atoms with Gasteiger partial charge in [0.2, 0.25) is 0 Å². The zero-order chi connectivity index (χ0) is 11.4. The van der Waals surface area contributed by atoms with Crippen LogP contribution in [0.5, 0.6) is 11.5 Å². The summed E-state index contributed by atoms with van der Waals surface area (Å²) in [6.45, 7) is 0.391. The number of ether oxygens (including phenoxy) is 2. The molecule has 1 atom stereocenters. The van der Waals surface area contributed by atoms with Crippen molar-refractivity contribution in [3.05, 3.63) is 22.2 Å². The van der Waals surface area contributed by atoms with E-state index in [0.717, 1.165) is 10.0 Å². The zero-order valence-corrected chi connectivity index (χ0v) is 10.4. The van der Waals surface area contributed by atoms with Crippen molar-refractivity contribution in [1.29, 1.82) is 0 Å². The molecule has 4 nitrogen and oxygen atoms in total. The van der Waals surface area contributed by atoms with Gasteiger partial charge < -0.3 is 20.9 Å². The predicted octanol–water partition coefficient (Wildman–Crippen LogP) is 1.42. The average molecular weight is 275 g/mol. The number of rotatable bonds is 4. The van der Waals surface area contributed by atoms with Crippen molar-refractivity contribution in [2.45, 2.75) is 6.04 Å². The summed E-state index contributed by atoms with van der Waals surface area (Å²) in [5.74, 6) is 1.30. The van der Waals surface area contributed by atoms with Gasteiger partial charge in [-0.2, -0.15) is 0 Å². The molecule has 1 aromatic carbocycles. The van der Waals surface area contributed by atoms with Crippen LogP contribution in [0.25, 0.3) is 0 Å². The molecule has 0 aliphatic heterocycles. The molecule has 0 heterocycles. The molecule has 0 aliphatic rings. The molecule has 1 aromatic rings. The van der Waals surface area contributed by atoms with Crippen LogP contribution < -0.4 is 20.9 Å². The summed E-state index contributed by atoms with van der Waals surface area (Å²) >= 11 is 3.40. The van der Waals surface area contributed by atoms with Crippen LogP contribution >= 0.6 is 15.9 Å². The second-order valence-electron chi connectivity index (χ2n) is 3.08. The van der Waals surface area contributed by atoms with Crippen molar-refractivity contribution in [2.24, 2.45) is 11.5 Å². The maximum Gasteiger partial charge on any atom is 0.174 e. The Balaban J connectivity index is 3.19. The van der Waals surface area contributed by atoms with E-state index in [2.05, 4.69) is 15.9 Å². The Hall–Kier alpha value is -0.780. The molecule has 1 rings (SSSR count). The van der Waals surface area contributed by atoms with Gasteiger partial charge in [-0.1, -0.05) is 0 Å². The second-order valence-corrected chi connectivity index (χ2v) is 3.93. The Bertz CT molecular complexity index is 344. The van der Waals surface area contributed by atoms with Crippen LogP contribution in [0.3, 0.4) is 0 Å². The molecule has 0 aliphatic carbocycles. The molecule has 0 radical (unpaired) electrons. The van der Waals surface area contributed by atoms with E-state index < -0.39 is 0 Å². The van der Waals surface area contributed by atoms with E-state index in [1.165, 1.54) is 0 Å². The molecule has 5 heteroatoms. The summed E-state index contributed by atoms with van der Waals surface area (Å²) in [7, 11) is 3.17. The molecule has 84 valence electrons. The van der Waals surface area contributed by atoms with Gasteiger partial charge in [-0.25, -0.2) is 0 Å². The third kappa shape index (κ3) is 2.62. The molecule has 0 aromatic heterocycles. The standard InChI is InChI=1S/C10H15BrN2O2/c1-14-9-4-6(8(13)5-12)3-7(11)10(9)15-2/h3-4,8H,5,12-13H2,1-2H3. The topological polar surface area (TPSA) is 70.5 Å². The van der Waals surface area contributed by atoms with Gasteiger partial charge in [0.1, 0.15) is 0 Å². The molecule has 0 amide bonds. The van der Waals surface area contributed by atoms with E-state index in [4.69, 9.17) is 20.9 Å². The first-order chi connectivity index (χ1) is 7.13. The Morgan fingerprint density at radius 3 is 2.47 bits per heavy atom. The molecular formula is C10H15BrN2O2. The fraction of sp³-hybridized carbons (Fsp3) is 0.400. The van der Waals surface area contributed by atoms with Crippen molar-refractivity contribution in [3.8, 4) is 11.5 Å². The minimum Gasteiger partial charge on any atom is -0.493 e. The third-order valence-electron chi connectivity index (χ3n) is 2.14. The van der Waals surface area contributed by atoms with Crippen LogP contribution in [0.15, 0.2) is 16.6 Å². The van der Waals surface area contributed by atoms with Crippen LogP contribution in [-0.2, 0) is 0 Å². The SMILES string of the molecule is COc1cc(C(N)CN)cc(Br)c1OC. The largest absolute Gasteiger partial charge is 0.493 e. The summed E-state index contributed by atoms with van der Waals surface area (Å²) in [5, 5.41) is 0. The van der Waals surface area contributed by atoms with Crippen LogP contribution in [-0.4, -0.2) is 20.8 Å². The lowest BCUT2D eigenvalue weighted by molar-refractivity contribution is 0.352. The van der Waals surface area contributed by atoms with E-state index in [9.17, 15) is 0 Å². The smallest absolute Gasteiger partial charge is 0.174 e. The summed E-state index contributed by atoms with van der Waals surface area (Å²) in [6, 6.07) is 3.53. The maximum atomic E-state index is 5.84. The fourth-order valence-corrected chi connectivity index (χ4v) is 1.91. The maximum absolute atomic E-state index is 5.84. The Morgan fingerprint density at radius 2 is 2.00 bits per heavy atom. The lowest BCUT2D eigenvalue weighted by atomic mass is 10.1. The van der Waals surface area contributed by atoms with Crippen molar-refractivity contribution >= 4 is 15.9 Å². The van der Waals surface area contributed by atoms with Gasteiger partial charge in [-0.3, -0.25) is 0 Å². The van der Waals surface area contributed by atoms with Gasteiger partial charge in [0.15, 0.2) is 11.5 Å². The first-order valence-corrected chi connectivity index (χ1v) is 5.30. The molecule has 0 fully saturated rings. The minimum absolute atomic E-state index is 0.193. The predicted molar refractivity (Wildman–Crippen MR) is 63.2 cm³/mol. The van der Waals surface area contributed by atoms with E-state index in [1.807, 2.05) is 12.1 Å². The van der Waals surface area contributed by atoms with E-state index >= 15 is 0 Å². The number of benzene rings is 1. The summed E-state index contributed by atoms with van der Waals surface area (Å²) in [6.07, 6.45) is 0. The van der Waals surface area contributed by atoms with Gasteiger partial charge >= 0.3 is 0 Å². The molecule has 0 spiro atoms. The van der Waals surface area contributed by atoms with Gasteiger partial charge in [-0.05, 0) is 33.6 Å². The lowest BCUT2D eigenvalue weighted by Gasteiger charge is -2.15. The van der Waals surface area contributed by atoms with Crippen molar-refractivity contribution < 1.29 is 9.47 Å². The molecular weight excluding hydrogens is 260 g/mol.